The Morgan fingerprint density at radius 1 is 1.00 bits per heavy atom. The van der Waals surface area contributed by atoms with E-state index in [9.17, 15) is 9.59 Å². The summed E-state index contributed by atoms with van der Waals surface area (Å²) in [4.78, 5) is 25.2. The summed E-state index contributed by atoms with van der Waals surface area (Å²) in [6.07, 6.45) is 5.37. The molecule has 0 spiro atoms. The normalized spacial score (nSPS) is 10.0. The molecule has 2 amide bonds. The average molecular weight is 381 g/mol. The van der Waals surface area contributed by atoms with Crippen LogP contribution in [0.25, 0.3) is 0 Å². The van der Waals surface area contributed by atoms with E-state index in [4.69, 9.17) is 18.0 Å². The Morgan fingerprint density at radius 2 is 1.85 bits per heavy atom. The van der Waals surface area contributed by atoms with Gasteiger partial charge in [-0.25, -0.2) is 0 Å². The number of nitrogens with one attached hydrogen (secondary N) is 2. The van der Waals surface area contributed by atoms with Gasteiger partial charge >= 0.3 is 0 Å². The number of benzene rings is 2. The van der Waals surface area contributed by atoms with Crippen LogP contribution in [-0.4, -0.2) is 11.8 Å². The fourth-order valence-electron chi connectivity index (χ4n) is 2.24. The number of anilines is 2. The minimum atomic E-state index is -0.331. The molecule has 3 aromatic rings. The molecule has 0 bridgehead atoms. The monoisotopic (exact) mass is 380 g/mol. The summed E-state index contributed by atoms with van der Waals surface area (Å²) in [7, 11) is 0. The van der Waals surface area contributed by atoms with Crippen LogP contribution < -0.4 is 10.6 Å². The second kappa shape index (κ2) is 7.87. The number of terminal acetylenes is 1. The van der Waals surface area contributed by atoms with E-state index in [1.54, 1.807) is 48.5 Å². The van der Waals surface area contributed by atoms with Crippen LogP contribution in [0.3, 0.4) is 0 Å². The van der Waals surface area contributed by atoms with Crippen LogP contribution in [0.5, 0.6) is 0 Å². The highest BCUT2D eigenvalue weighted by Gasteiger charge is 2.13. The maximum atomic E-state index is 12.5. The van der Waals surface area contributed by atoms with Crippen LogP contribution in [0.2, 0.25) is 5.02 Å². The van der Waals surface area contributed by atoms with E-state index >= 15 is 0 Å². The van der Waals surface area contributed by atoms with Crippen molar-refractivity contribution in [1.82, 2.24) is 0 Å². The zero-order chi connectivity index (χ0) is 18.5. The molecule has 0 saturated heterocycles. The fourth-order valence-corrected chi connectivity index (χ4v) is 3.03. The maximum Gasteiger partial charge on any atom is 0.265 e. The van der Waals surface area contributed by atoms with Gasteiger partial charge in [-0.1, -0.05) is 29.7 Å². The van der Waals surface area contributed by atoms with Gasteiger partial charge in [0, 0.05) is 16.8 Å². The number of hydrogen-bond acceptors (Lipinski definition) is 3. The Labute approximate surface area is 159 Å². The maximum absolute atomic E-state index is 12.5. The number of carbonyl (C=O) groups is 2. The second-order valence-corrected chi connectivity index (χ2v) is 6.66. The first-order chi connectivity index (χ1) is 12.6. The highest BCUT2D eigenvalue weighted by Crippen LogP contribution is 2.25. The summed E-state index contributed by atoms with van der Waals surface area (Å²) in [5, 5.41) is 7.65. The molecule has 0 fully saturated rings. The fraction of sp³-hybridized carbons (Fsp3) is 0. The van der Waals surface area contributed by atoms with Crippen molar-refractivity contribution in [2.45, 2.75) is 0 Å². The molecule has 0 atom stereocenters. The van der Waals surface area contributed by atoms with Crippen molar-refractivity contribution < 1.29 is 9.59 Å². The Kier molecular flexibility index (Phi) is 5.37. The zero-order valence-electron chi connectivity index (χ0n) is 13.5. The van der Waals surface area contributed by atoms with Crippen molar-refractivity contribution >= 4 is 46.1 Å². The zero-order valence-corrected chi connectivity index (χ0v) is 15.0. The molecule has 1 aromatic heterocycles. The van der Waals surface area contributed by atoms with Crippen molar-refractivity contribution in [1.29, 1.82) is 0 Å². The minimum absolute atomic E-state index is 0.277. The standard InChI is InChI=1S/C20H13ClN2O2S/c1-2-13-5-3-6-15(11-13)22-19(24)14-8-9-16(21)17(12-14)23-20(25)18-7-4-10-26-18/h1,3-12H,(H,22,24)(H,23,25). The van der Waals surface area contributed by atoms with Gasteiger partial charge in [-0.2, -0.15) is 0 Å². The van der Waals surface area contributed by atoms with Gasteiger partial charge in [0.2, 0.25) is 0 Å². The molecule has 0 aliphatic heterocycles. The van der Waals surface area contributed by atoms with Gasteiger partial charge in [0.05, 0.1) is 15.6 Å². The summed E-state index contributed by atoms with van der Waals surface area (Å²) >= 11 is 7.46. The first-order valence-corrected chi connectivity index (χ1v) is 8.85. The van der Waals surface area contributed by atoms with E-state index in [1.165, 1.54) is 17.4 Å². The highest BCUT2D eigenvalue weighted by atomic mass is 35.5. The molecule has 6 heteroatoms. The predicted molar refractivity (Wildman–Crippen MR) is 106 cm³/mol. The topological polar surface area (TPSA) is 58.2 Å². The molecular weight excluding hydrogens is 368 g/mol. The second-order valence-electron chi connectivity index (χ2n) is 5.31. The summed E-state index contributed by atoms with van der Waals surface area (Å²) < 4.78 is 0. The largest absolute Gasteiger partial charge is 0.322 e. The third-order valence-corrected chi connectivity index (χ3v) is 4.71. The summed E-state index contributed by atoms with van der Waals surface area (Å²) in [5.41, 5.74) is 1.99. The smallest absolute Gasteiger partial charge is 0.265 e. The third kappa shape index (κ3) is 4.12. The molecule has 0 aliphatic rings. The van der Waals surface area contributed by atoms with Gasteiger partial charge in [-0.3, -0.25) is 9.59 Å². The third-order valence-electron chi connectivity index (χ3n) is 3.51. The van der Waals surface area contributed by atoms with Gasteiger partial charge in [0.1, 0.15) is 0 Å². The summed E-state index contributed by atoms with van der Waals surface area (Å²) in [6, 6.07) is 15.2. The van der Waals surface area contributed by atoms with Gasteiger partial charge in [0.15, 0.2) is 0 Å². The van der Waals surface area contributed by atoms with Crippen molar-refractivity contribution in [3.63, 3.8) is 0 Å². The van der Waals surface area contributed by atoms with Gasteiger partial charge in [-0.15, -0.1) is 17.8 Å². The number of amides is 2. The number of halogens is 1. The van der Waals surface area contributed by atoms with Crippen molar-refractivity contribution in [2.75, 3.05) is 10.6 Å². The van der Waals surface area contributed by atoms with Gasteiger partial charge in [0.25, 0.3) is 11.8 Å². The van der Waals surface area contributed by atoms with Crippen LogP contribution in [0.4, 0.5) is 11.4 Å². The predicted octanol–water partition coefficient (Wildman–Crippen LogP) is 4.89. The molecule has 4 nitrogen and oxygen atoms in total. The number of carbonyl (C=O) groups excluding carboxylic acids is 2. The number of thiophene rings is 1. The Bertz CT molecular complexity index is 1010. The number of hydrogen-bond donors (Lipinski definition) is 2. The molecule has 2 N–H and O–H groups in total. The summed E-state index contributed by atoms with van der Waals surface area (Å²) in [5.74, 6) is 1.91. The quantitative estimate of drug-likeness (QED) is 0.633. The molecular formula is C20H13ClN2O2S. The lowest BCUT2D eigenvalue weighted by Crippen LogP contribution is -2.14. The molecule has 0 aliphatic carbocycles. The first-order valence-electron chi connectivity index (χ1n) is 7.59. The molecule has 3 rings (SSSR count). The highest BCUT2D eigenvalue weighted by molar-refractivity contribution is 7.12. The van der Waals surface area contributed by atoms with Gasteiger partial charge < -0.3 is 10.6 Å². The summed E-state index contributed by atoms with van der Waals surface area (Å²) in [6.45, 7) is 0. The molecule has 0 unspecified atom stereocenters. The van der Waals surface area contributed by atoms with Crippen LogP contribution in [0.15, 0.2) is 60.0 Å². The van der Waals surface area contributed by atoms with E-state index in [2.05, 4.69) is 16.6 Å². The van der Waals surface area contributed by atoms with E-state index in [0.29, 0.717) is 32.4 Å². The Hall–Kier alpha value is -3.07. The molecule has 26 heavy (non-hydrogen) atoms. The van der Waals surface area contributed by atoms with Crippen LogP contribution in [0, 0.1) is 12.3 Å². The number of rotatable bonds is 4. The van der Waals surface area contributed by atoms with E-state index in [0.717, 1.165) is 0 Å². The van der Waals surface area contributed by atoms with E-state index in [-0.39, 0.29) is 11.8 Å². The Morgan fingerprint density at radius 3 is 2.58 bits per heavy atom. The van der Waals surface area contributed by atoms with Crippen molar-refractivity contribution in [3.05, 3.63) is 81.0 Å². The van der Waals surface area contributed by atoms with Crippen molar-refractivity contribution in [2.24, 2.45) is 0 Å². The van der Waals surface area contributed by atoms with Gasteiger partial charge in [-0.05, 0) is 47.8 Å². The SMILES string of the molecule is C#Cc1cccc(NC(=O)c2ccc(Cl)c(NC(=O)c3cccs3)c2)c1. The lowest BCUT2D eigenvalue weighted by Gasteiger charge is -2.10. The molecule has 128 valence electrons. The van der Waals surface area contributed by atoms with E-state index in [1.807, 2.05) is 5.38 Å². The van der Waals surface area contributed by atoms with Crippen molar-refractivity contribution in [3.8, 4) is 12.3 Å². The van der Waals surface area contributed by atoms with Crippen LogP contribution in [-0.2, 0) is 0 Å². The Balaban J connectivity index is 1.79. The molecule has 0 saturated carbocycles. The average Bonchev–Trinajstić information content (AvgIpc) is 3.18. The lowest BCUT2D eigenvalue weighted by atomic mass is 10.1. The minimum Gasteiger partial charge on any atom is -0.322 e. The van der Waals surface area contributed by atoms with E-state index < -0.39 is 0 Å². The van der Waals surface area contributed by atoms with Crippen LogP contribution >= 0.6 is 22.9 Å². The molecule has 2 aromatic carbocycles. The van der Waals surface area contributed by atoms with Crippen LogP contribution in [0.1, 0.15) is 25.6 Å². The lowest BCUT2D eigenvalue weighted by molar-refractivity contribution is 0.101. The molecule has 0 radical (unpaired) electrons. The molecule has 1 heterocycles. The first kappa shape index (κ1) is 17.7.